The summed E-state index contributed by atoms with van der Waals surface area (Å²) in [7, 11) is 0. The molecule has 4 rings (SSSR count). The van der Waals surface area contributed by atoms with Gasteiger partial charge in [0.25, 0.3) is 0 Å². The van der Waals surface area contributed by atoms with E-state index in [1.54, 1.807) is 6.07 Å². The van der Waals surface area contributed by atoms with Crippen molar-refractivity contribution in [3.8, 4) is 5.75 Å². The van der Waals surface area contributed by atoms with E-state index in [2.05, 4.69) is 16.0 Å². The van der Waals surface area contributed by atoms with Crippen LogP contribution >= 0.6 is 11.6 Å². The lowest BCUT2D eigenvalue weighted by Crippen LogP contribution is -2.59. The van der Waals surface area contributed by atoms with Crippen LogP contribution in [0.3, 0.4) is 0 Å². The molecule has 2 saturated heterocycles. The quantitative estimate of drug-likeness (QED) is 0.485. The Bertz CT molecular complexity index is 1050. The molecule has 2 amide bonds. The third-order valence-electron chi connectivity index (χ3n) is 6.06. The number of halogens is 5. The monoisotopic (exact) mass is 501 g/mol. The minimum absolute atomic E-state index is 0.00182. The van der Waals surface area contributed by atoms with Gasteiger partial charge in [-0.2, -0.15) is 13.2 Å². The summed E-state index contributed by atoms with van der Waals surface area (Å²) >= 11 is 5.73. The van der Waals surface area contributed by atoms with Gasteiger partial charge in [-0.15, -0.1) is 0 Å². The number of amides is 2. The van der Waals surface area contributed by atoms with Crippen LogP contribution in [0.2, 0.25) is 5.02 Å². The van der Waals surface area contributed by atoms with Crippen LogP contribution in [0.4, 0.5) is 28.0 Å². The summed E-state index contributed by atoms with van der Waals surface area (Å²) < 4.78 is 66.7. The van der Waals surface area contributed by atoms with Crippen LogP contribution in [0.1, 0.15) is 31.7 Å². The number of anilines is 1. The van der Waals surface area contributed by atoms with Crippen molar-refractivity contribution < 1.29 is 31.8 Å². The molecule has 0 saturated carbocycles. The normalized spacial score (nSPS) is 26.9. The fourth-order valence-corrected chi connectivity index (χ4v) is 4.34. The molecule has 2 aromatic rings. The van der Waals surface area contributed by atoms with E-state index < -0.39 is 35.9 Å². The number of para-hydroxylation sites is 1. The van der Waals surface area contributed by atoms with Crippen LogP contribution in [0.15, 0.2) is 42.5 Å². The van der Waals surface area contributed by atoms with E-state index >= 15 is 0 Å². The second-order valence-electron chi connectivity index (χ2n) is 8.43. The first-order valence-corrected chi connectivity index (χ1v) is 11.2. The summed E-state index contributed by atoms with van der Waals surface area (Å²) in [5.41, 5.74) is -2.59. The Labute approximate surface area is 198 Å². The average molecular weight is 502 g/mol. The highest BCUT2D eigenvalue weighted by atomic mass is 35.5. The van der Waals surface area contributed by atoms with Gasteiger partial charge in [0.15, 0.2) is 11.8 Å². The third-order valence-corrected chi connectivity index (χ3v) is 6.29. The SMILES string of the molecule is CC1CCC(NC(=O)Nc2ccc(Cl)cc2F)C(Oc2ccccc2[C@]2(C(F)(F)F)CCO2)N1. The lowest BCUT2D eigenvalue weighted by Gasteiger charge is -2.44. The van der Waals surface area contributed by atoms with Gasteiger partial charge in [0.1, 0.15) is 11.6 Å². The Morgan fingerprint density at radius 3 is 2.62 bits per heavy atom. The first-order chi connectivity index (χ1) is 16.1. The molecule has 4 atom stereocenters. The average Bonchev–Trinajstić information content (AvgIpc) is 2.71. The van der Waals surface area contributed by atoms with Crippen LogP contribution in [0.25, 0.3) is 0 Å². The van der Waals surface area contributed by atoms with E-state index in [0.717, 1.165) is 6.07 Å². The molecule has 6 nitrogen and oxygen atoms in total. The van der Waals surface area contributed by atoms with Gasteiger partial charge in [0.2, 0.25) is 0 Å². The van der Waals surface area contributed by atoms with Crippen LogP contribution in [0.5, 0.6) is 5.75 Å². The zero-order valence-electron chi connectivity index (χ0n) is 18.2. The van der Waals surface area contributed by atoms with Crippen molar-refractivity contribution in [2.75, 3.05) is 11.9 Å². The molecule has 0 aromatic heterocycles. The van der Waals surface area contributed by atoms with Gasteiger partial charge in [-0.25, -0.2) is 9.18 Å². The van der Waals surface area contributed by atoms with Crippen molar-refractivity contribution in [1.82, 2.24) is 10.6 Å². The molecule has 0 aliphatic carbocycles. The highest BCUT2D eigenvalue weighted by molar-refractivity contribution is 6.30. The smallest absolute Gasteiger partial charge is 0.421 e. The molecule has 11 heteroatoms. The first kappa shape index (κ1) is 24.6. The van der Waals surface area contributed by atoms with Crippen molar-refractivity contribution in [1.29, 1.82) is 0 Å². The number of alkyl halides is 3. The molecule has 3 N–H and O–H groups in total. The van der Waals surface area contributed by atoms with Gasteiger partial charge in [-0.05, 0) is 44.0 Å². The number of carbonyl (C=O) groups is 1. The molecule has 0 radical (unpaired) electrons. The summed E-state index contributed by atoms with van der Waals surface area (Å²) in [5.74, 6) is -0.681. The number of ether oxygens (including phenoxy) is 2. The van der Waals surface area contributed by atoms with E-state index in [0.29, 0.717) is 12.8 Å². The topological polar surface area (TPSA) is 71.6 Å². The fraction of sp³-hybridized carbons (Fsp3) is 0.435. The number of hydrogen-bond acceptors (Lipinski definition) is 4. The number of nitrogens with one attached hydrogen (secondary N) is 3. The molecular weight excluding hydrogens is 478 g/mol. The molecule has 0 spiro atoms. The first-order valence-electron chi connectivity index (χ1n) is 10.8. The number of carbonyl (C=O) groups excluding carboxylic acids is 1. The largest absolute Gasteiger partial charge is 0.473 e. The van der Waals surface area contributed by atoms with Crippen LogP contribution < -0.4 is 20.7 Å². The number of hydrogen-bond donors (Lipinski definition) is 3. The molecule has 2 heterocycles. The molecule has 184 valence electrons. The van der Waals surface area contributed by atoms with Crippen molar-refractivity contribution in [2.24, 2.45) is 0 Å². The minimum atomic E-state index is -4.61. The molecule has 2 aromatic carbocycles. The Balaban J connectivity index is 1.52. The van der Waals surface area contributed by atoms with Gasteiger partial charge in [0, 0.05) is 23.0 Å². The lowest BCUT2D eigenvalue weighted by molar-refractivity contribution is -0.334. The standard InChI is InChI=1S/C23H24ClF4N3O3/c1-13-6-8-18(31-21(32)30-17-9-7-14(24)12-16(17)25)20(29-13)34-19-5-3-2-4-15(19)22(10-11-33-22)23(26,27)28/h2-5,7,9,12-13,18,20,29H,6,8,10-11H2,1H3,(H2,30,31,32)/t13?,18?,20?,22-/m0/s1. The van der Waals surface area contributed by atoms with Crippen LogP contribution in [-0.4, -0.2) is 37.1 Å². The Hall–Kier alpha value is -2.56. The van der Waals surface area contributed by atoms with E-state index in [1.807, 2.05) is 6.92 Å². The predicted molar refractivity (Wildman–Crippen MR) is 118 cm³/mol. The van der Waals surface area contributed by atoms with Crippen molar-refractivity contribution in [3.63, 3.8) is 0 Å². The number of rotatable bonds is 5. The summed E-state index contributed by atoms with van der Waals surface area (Å²) in [6.07, 6.45) is -4.45. The zero-order chi connectivity index (χ0) is 24.5. The minimum Gasteiger partial charge on any atom is -0.473 e. The lowest BCUT2D eigenvalue weighted by atomic mass is 9.85. The van der Waals surface area contributed by atoms with E-state index in [9.17, 15) is 22.4 Å². The second-order valence-corrected chi connectivity index (χ2v) is 8.87. The van der Waals surface area contributed by atoms with Gasteiger partial charge in [-0.3, -0.25) is 5.32 Å². The molecule has 2 aliphatic heterocycles. The van der Waals surface area contributed by atoms with E-state index in [-0.39, 0.29) is 41.1 Å². The van der Waals surface area contributed by atoms with Crippen molar-refractivity contribution in [2.45, 2.75) is 56.3 Å². The maximum Gasteiger partial charge on any atom is 0.421 e. The Morgan fingerprint density at radius 2 is 1.97 bits per heavy atom. The Kier molecular flexibility index (Phi) is 6.93. The summed E-state index contributed by atoms with van der Waals surface area (Å²) in [5, 5.41) is 8.51. The van der Waals surface area contributed by atoms with Crippen molar-refractivity contribution >= 4 is 23.3 Å². The molecular formula is C23H24ClF4N3O3. The molecule has 0 bridgehead atoms. The summed E-state index contributed by atoms with van der Waals surface area (Å²) in [6.45, 7) is 1.91. The third kappa shape index (κ3) is 4.94. The van der Waals surface area contributed by atoms with Gasteiger partial charge >= 0.3 is 12.2 Å². The van der Waals surface area contributed by atoms with Gasteiger partial charge in [-0.1, -0.05) is 29.8 Å². The van der Waals surface area contributed by atoms with Crippen molar-refractivity contribution in [3.05, 3.63) is 58.9 Å². The van der Waals surface area contributed by atoms with Gasteiger partial charge in [0.05, 0.1) is 18.3 Å². The van der Waals surface area contributed by atoms with E-state index in [4.69, 9.17) is 21.1 Å². The number of piperidine rings is 1. The number of benzene rings is 2. The molecule has 2 fully saturated rings. The predicted octanol–water partition coefficient (Wildman–Crippen LogP) is 5.32. The molecule has 34 heavy (non-hydrogen) atoms. The van der Waals surface area contributed by atoms with Gasteiger partial charge < -0.3 is 20.1 Å². The van der Waals surface area contributed by atoms with Crippen LogP contribution in [0, 0.1) is 5.82 Å². The zero-order valence-corrected chi connectivity index (χ0v) is 19.0. The maximum absolute atomic E-state index is 14.0. The summed E-state index contributed by atoms with van der Waals surface area (Å²) in [6, 6.07) is 8.43. The molecule has 3 unspecified atom stereocenters. The maximum atomic E-state index is 14.0. The summed E-state index contributed by atoms with van der Waals surface area (Å²) in [4.78, 5) is 12.5. The van der Waals surface area contributed by atoms with E-state index in [1.165, 1.54) is 30.3 Å². The highest BCUT2D eigenvalue weighted by Crippen LogP contribution is 2.52. The highest BCUT2D eigenvalue weighted by Gasteiger charge is 2.62. The molecule has 2 aliphatic rings. The number of urea groups is 1. The fourth-order valence-electron chi connectivity index (χ4n) is 4.18. The Morgan fingerprint density at radius 1 is 1.24 bits per heavy atom. The van der Waals surface area contributed by atoms with Crippen LogP contribution in [-0.2, 0) is 10.3 Å². The second kappa shape index (κ2) is 9.59.